The van der Waals surface area contributed by atoms with Gasteiger partial charge in [-0.2, -0.15) is 0 Å². The van der Waals surface area contributed by atoms with E-state index in [4.69, 9.17) is 56.1 Å². The molecule has 0 fully saturated rings. The van der Waals surface area contributed by atoms with E-state index in [1.165, 1.54) is 0 Å². The number of rotatable bonds is 9. The molecule has 0 saturated carbocycles. The molecular formula is C21H21Cl2NO3S. The average molecular weight is 438 g/mol. The molecule has 0 saturated heterocycles. The number of halogens is 2. The van der Waals surface area contributed by atoms with Crippen LogP contribution in [0.2, 0.25) is 10.0 Å². The lowest BCUT2D eigenvalue weighted by molar-refractivity contribution is 0.157. The molecule has 28 heavy (non-hydrogen) atoms. The highest BCUT2D eigenvalue weighted by molar-refractivity contribution is 7.80. The van der Waals surface area contributed by atoms with Crippen LogP contribution in [0.3, 0.4) is 0 Å². The smallest absolute Gasteiger partial charge is 0.162 e. The normalized spacial score (nSPS) is 11.4. The Morgan fingerprint density at radius 3 is 2.57 bits per heavy atom. The van der Waals surface area contributed by atoms with Gasteiger partial charge in [-0.3, -0.25) is 0 Å². The first-order valence-electron chi connectivity index (χ1n) is 8.48. The first-order chi connectivity index (χ1) is 13.5. The molecule has 2 rings (SSSR count). The molecule has 1 atom stereocenters. The highest BCUT2D eigenvalue weighted by Crippen LogP contribution is 2.29. The van der Waals surface area contributed by atoms with E-state index >= 15 is 0 Å². The van der Waals surface area contributed by atoms with Crippen LogP contribution in [0.4, 0.5) is 0 Å². The Kier molecular flexibility index (Phi) is 8.88. The Morgan fingerprint density at radius 1 is 1.14 bits per heavy atom. The maximum atomic E-state index is 6.09. The van der Waals surface area contributed by atoms with Crippen LogP contribution in [0, 0.1) is 12.3 Å². The molecule has 0 aromatic heterocycles. The van der Waals surface area contributed by atoms with Crippen molar-refractivity contribution in [3.8, 4) is 23.8 Å². The quantitative estimate of drug-likeness (QED) is 0.447. The minimum absolute atomic E-state index is 0.193. The summed E-state index contributed by atoms with van der Waals surface area (Å²) < 4.78 is 16.3. The molecule has 0 aliphatic rings. The van der Waals surface area contributed by atoms with Crippen LogP contribution in [0.1, 0.15) is 17.2 Å². The predicted octanol–water partition coefficient (Wildman–Crippen LogP) is 4.86. The summed E-state index contributed by atoms with van der Waals surface area (Å²) >= 11 is 17.6. The Hall–Kier alpha value is -1.97. The molecule has 4 nitrogen and oxygen atoms in total. The second-order valence-corrected chi connectivity index (χ2v) is 7.06. The van der Waals surface area contributed by atoms with Crippen molar-refractivity contribution >= 4 is 40.4 Å². The van der Waals surface area contributed by atoms with Crippen molar-refractivity contribution in [1.82, 2.24) is 5.32 Å². The van der Waals surface area contributed by atoms with Crippen molar-refractivity contribution in [1.29, 1.82) is 0 Å². The minimum Gasteiger partial charge on any atom is -0.493 e. The van der Waals surface area contributed by atoms with E-state index in [2.05, 4.69) is 11.2 Å². The molecule has 0 bridgehead atoms. The summed E-state index contributed by atoms with van der Waals surface area (Å²) in [6.45, 7) is 0.826. The van der Waals surface area contributed by atoms with Gasteiger partial charge in [0, 0.05) is 13.7 Å². The standard InChI is InChI=1S/C21H21Cl2NO3S/c1-4-11-27-18-8-5-14(12-19(18)25-2)9-10-24-21(28)20(26-3)15-6-7-16(22)17(23)13-15/h1,5-8,12-13,20H,9-11H2,2-3H3,(H,24,28). The number of benzene rings is 2. The fourth-order valence-electron chi connectivity index (χ4n) is 2.60. The zero-order valence-electron chi connectivity index (χ0n) is 15.6. The zero-order chi connectivity index (χ0) is 20.5. The zero-order valence-corrected chi connectivity index (χ0v) is 18.0. The molecule has 0 amide bonds. The summed E-state index contributed by atoms with van der Waals surface area (Å²) in [6.07, 6.45) is 5.56. The van der Waals surface area contributed by atoms with Gasteiger partial charge in [0.2, 0.25) is 0 Å². The summed E-state index contributed by atoms with van der Waals surface area (Å²) in [5, 5.41) is 4.18. The lowest BCUT2D eigenvalue weighted by Crippen LogP contribution is -2.30. The van der Waals surface area contributed by atoms with Gasteiger partial charge < -0.3 is 19.5 Å². The van der Waals surface area contributed by atoms with Gasteiger partial charge in [0.1, 0.15) is 17.7 Å². The van der Waals surface area contributed by atoms with Gasteiger partial charge in [-0.25, -0.2) is 0 Å². The van der Waals surface area contributed by atoms with Gasteiger partial charge in [0.15, 0.2) is 11.5 Å². The third-order valence-corrected chi connectivity index (χ3v) is 5.07. The van der Waals surface area contributed by atoms with E-state index in [0.29, 0.717) is 33.1 Å². The van der Waals surface area contributed by atoms with Crippen molar-refractivity contribution in [3.05, 3.63) is 57.6 Å². The highest BCUT2D eigenvalue weighted by Gasteiger charge is 2.17. The van der Waals surface area contributed by atoms with Gasteiger partial charge >= 0.3 is 0 Å². The first kappa shape index (κ1) is 22.3. The van der Waals surface area contributed by atoms with Crippen molar-refractivity contribution in [2.45, 2.75) is 12.5 Å². The lowest BCUT2D eigenvalue weighted by atomic mass is 10.1. The molecule has 2 aromatic rings. The molecule has 0 aliphatic carbocycles. The molecule has 1 N–H and O–H groups in total. The van der Waals surface area contributed by atoms with E-state index < -0.39 is 6.10 Å². The predicted molar refractivity (Wildman–Crippen MR) is 118 cm³/mol. The number of nitrogens with one attached hydrogen (secondary N) is 1. The van der Waals surface area contributed by atoms with Crippen molar-refractivity contribution in [3.63, 3.8) is 0 Å². The maximum Gasteiger partial charge on any atom is 0.162 e. The maximum absolute atomic E-state index is 6.09. The van der Waals surface area contributed by atoms with E-state index in [9.17, 15) is 0 Å². The molecule has 7 heteroatoms. The molecule has 2 aromatic carbocycles. The van der Waals surface area contributed by atoms with Crippen LogP contribution in [0.5, 0.6) is 11.5 Å². The Labute approximate surface area is 181 Å². The minimum atomic E-state index is -0.404. The SMILES string of the molecule is C#CCOc1ccc(CCNC(=S)C(OC)c2ccc(Cl)c(Cl)c2)cc1OC. The number of thiocarbonyl (C=S) groups is 1. The lowest BCUT2D eigenvalue weighted by Gasteiger charge is -2.19. The van der Waals surface area contributed by atoms with Gasteiger partial charge in [0.05, 0.1) is 17.2 Å². The van der Waals surface area contributed by atoms with Crippen LogP contribution >= 0.6 is 35.4 Å². The van der Waals surface area contributed by atoms with Gasteiger partial charge in [-0.15, -0.1) is 6.42 Å². The molecule has 0 spiro atoms. The fourth-order valence-corrected chi connectivity index (χ4v) is 3.24. The topological polar surface area (TPSA) is 39.7 Å². The summed E-state index contributed by atoms with van der Waals surface area (Å²) in [5.41, 5.74) is 1.91. The van der Waals surface area contributed by atoms with E-state index in [1.807, 2.05) is 24.3 Å². The third kappa shape index (κ3) is 6.02. The molecule has 1 unspecified atom stereocenters. The molecular weight excluding hydrogens is 417 g/mol. The van der Waals surface area contributed by atoms with Gasteiger partial charge in [0.25, 0.3) is 0 Å². The second kappa shape index (κ2) is 11.1. The largest absolute Gasteiger partial charge is 0.493 e. The Morgan fingerprint density at radius 2 is 1.93 bits per heavy atom. The Bertz CT molecular complexity index is 867. The average Bonchev–Trinajstić information content (AvgIpc) is 2.70. The summed E-state index contributed by atoms with van der Waals surface area (Å²) in [6, 6.07) is 11.1. The van der Waals surface area contributed by atoms with Crippen LogP contribution in [0.25, 0.3) is 0 Å². The number of hydrogen-bond donors (Lipinski definition) is 1. The van der Waals surface area contributed by atoms with Crippen molar-refractivity contribution < 1.29 is 14.2 Å². The van der Waals surface area contributed by atoms with E-state index in [0.717, 1.165) is 17.5 Å². The van der Waals surface area contributed by atoms with Crippen LogP contribution in [-0.2, 0) is 11.2 Å². The van der Waals surface area contributed by atoms with Crippen LogP contribution < -0.4 is 14.8 Å². The molecule has 0 heterocycles. The monoisotopic (exact) mass is 437 g/mol. The van der Waals surface area contributed by atoms with E-state index in [1.54, 1.807) is 26.4 Å². The van der Waals surface area contributed by atoms with E-state index in [-0.39, 0.29) is 6.61 Å². The van der Waals surface area contributed by atoms with Crippen LogP contribution in [-0.4, -0.2) is 32.4 Å². The van der Waals surface area contributed by atoms with Gasteiger partial charge in [-0.1, -0.05) is 53.5 Å². The summed E-state index contributed by atoms with van der Waals surface area (Å²) in [5.74, 6) is 3.69. The first-order valence-corrected chi connectivity index (χ1v) is 9.65. The van der Waals surface area contributed by atoms with Crippen LogP contribution in [0.15, 0.2) is 36.4 Å². The third-order valence-electron chi connectivity index (χ3n) is 3.97. The van der Waals surface area contributed by atoms with Gasteiger partial charge in [-0.05, 0) is 41.8 Å². The van der Waals surface area contributed by atoms with Crippen molar-refractivity contribution in [2.75, 3.05) is 27.4 Å². The molecule has 0 aliphatic heterocycles. The summed E-state index contributed by atoms with van der Waals surface area (Å²) in [7, 11) is 3.19. The second-order valence-electron chi connectivity index (χ2n) is 5.81. The summed E-state index contributed by atoms with van der Waals surface area (Å²) in [4.78, 5) is 0.571. The number of terminal acetylenes is 1. The number of methoxy groups -OCH3 is 2. The molecule has 0 radical (unpaired) electrons. The molecule has 148 valence electrons. The number of ether oxygens (including phenoxy) is 3. The van der Waals surface area contributed by atoms with Crippen molar-refractivity contribution in [2.24, 2.45) is 0 Å². The highest BCUT2D eigenvalue weighted by atomic mass is 35.5. The number of hydrogen-bond acceptors (Lipinski definition) is 4. The Balaban J connectivity index is 1.96. The fraction of sp³-hybridized carbons (Fsp3) is 0.286.